The first-order valence-corrected chi connectivity index (χ1v) is 6.51. The monoisotopic (exact) mass is 233 g/mol. The minimum atomic E-state index is -0.228. The lowest BCUT2D eigenvalue weighted by atomic mass is 9.83. The summed E-state index contributed by atoms with van der Waals surface area (Å²) in [6, 6.07) is 8.75. The molecule has 2 rings (SSSR count). The summed E-state index contributed by atoms with van der Waals surface area (Å²) in [5.74, 6) is 0.558. The predicted octanol–water partition coefficient (Wildman–Crippen LogP) is 2.86. The van der Waals surface area contributed by atoms with Crippen molar-refractivity contribution in [2.75, 3.05) is 13.2 Å². The summed E-state index contributed by atoms with van der Waals surface area (Å²) in [5.41, 5.74) is 8.67. The van der Waals surface area contributed by atoms with Gasteiger partial charge in [0.05, 0.1) is 13.2 Å². The van der Waals surface area contributed by atoms with E-state index in [1.165, 1.54) is 30.4 Å². The molecule has 1 aromatic carbocycles. The van der Waals surface area contributed by atoms with Gasteiger partial charge in [-0.2, -0.15) is 0 Å². The molecule has 1 aromatic rings. The third-order valence-corrected chi connectivity index (χ3v) is 3.29. The summed E-state index contributed by atoms with van der Waals surface area (Å²) in [5, 5.41) is 0. The zero-order valence-corrected chi connectivity index (χ0v) is 10.9. The number of ether oxygens (including phenoxy) is 1. The molecule has 0 bridgehead atoms. The maximum atomic E-state index is 5.92. The Bertz CT molecular complexity index is 367. The second-order valence-electron chi connectivity index (χ2n) is 5.79. The standard InChI is InChI=1S/C15H23NO/c1-15(2,16)11-17-10-13-8-5-7-12-6-3-4-9-14(12)13/h3-4,6,9,13H,5,7-8,10-11,16H2,1-2H3. The van der Waals surface area contributed by atoms with Gasteiger partial charge in [-0.1, -0.05) is 24.3 Å². The molecular weight excluding hydrogens is 210 g/mol. The molecule has 0 saturated carbocycles. The SMILES string of the molecule is CC(C)(N)COCC1CCCc2ccccc21. The minimum absolute atomic E-state index is 0.228. The van der Waals surface area contributed by atoms with E-state index in [-0.39, 0.29) is 5.54 Å². The van der Waals surface area contributed by atoms with Crippen LogP contribution in [0.25, 0.3) is 0 Å². The van der Waals surface area contributed by atoms with Crippen molar-refractivity contribution in [1.82, 2.24) is 0 Å². The first-order valence-electron chi connectivity index (χ1n) is 6.51. The molecule has 0 heterocycles. The van der Waals surface area contributed by atoms with Crippen LogP contribution in [0.5, 0.6) is 0 Å². The van der Waals surface area contributed by atoms with E-state index in [0.29, 0.717) is 12.5 Å². The normalized spacial score (nSPS) is 20.1. The fourth-order valence-corrected chi connectivity index (χ4v) is 2.49. The van der Waals surface area contributed by atoms with Crippen molar-refractivity contribution in [3.8, 4) is 0 Å². The molecule has 17 heavy (non-hydrogen) atoms. The van der Waals surface area contributed by atoms with Crippen molar-refractivity contribution >= 4 is 0 Å². The first-order chi connectivity index (χ1) is 8.06. The molecule has 0 saturated heterocycles. The predicted molar refractivity (Wildman–Crippen MR) is 71.2 cm³/mol. The Labute approximate surface area is 104 Å². The second kappa shape index (κ2) is 5.19. The molecule has 0 radical (unpaired) electrons. The number of rotatable bonds is 4. The highest BCUT2D eigenvalue weighted by atomic mass is 16.5. The zero-order chi connectivity index (χ0) is 12.3. The van der Waals surface area contributed by atoms with Crippen molar-refractivity contribution in [3.63, 3.8) is 0 Å². The Kier molecular flexibility index (Phi) is 3.85. The van der Waals surface area contributed by atoms with E-state index in [9.17, 15) is 0 Å². The lowest BCUT2D eigenvalue weighted by molar-refractivity contribution is 0.0825. The van der Waals surface area contributed by atoms with Gasteiger partial charge in [0.15, 0.2) is 0 Å². The van der Waals surface area contributed by atoms with Gasteiger partial charge in [-0.25, -0.2) is 0 Å². The van der Waals surface area contributed by atoms with Crippen molar-refractivity contribution in [2.24, 2.45) is 5.73 Å². The van der Waals surface area contributed by atoms with Crippen LogP contribution in [-0.4, -0.2) is 18.8 Å². The second-order valence-corrected chi connectivity index (χ2v) is 5.79. The van der Waals surface area contributed by atoms with Crippen molar-refractivity contribution in [3.05, 3.63) is 35.4 Å². The number of fused-ring (bicyclic) bond motifs is 1. The first kappa shape index (κ1) is 12.6. The lowest BCUT2D eigenvalue weighted by Crippen LogP contribution is -2.38. The fourth-order valence-electron chi connectivity index (χ4n) is 2.49. The van der Waals surface area contributed by atoms with Crippen LogP contribution in [0.3, 0.4) is 0 Å². The molecule has 2 heteroatoms. The van der Waals surface area contributed by atoms with Crippen LogP contribution in [-0.2, 0) is 11.2 Å². The quantitative estimate of drug-likeness (QED) is 0.868. The van der Waals surface area contributed by atoms with E-state index in [2.05, 4.69) is 24.3 Å². The van der Waals surface area contributed by atoms with E-state index in [0.717, 1.165) is 6.61 Å². The summed E-state index contributed by atoms with van der Waals surface area (Å²) in [4.78, 5) is 0. The van der Waals surface area contributed by atoms with E-state index < -0.39 is 0 Å². The number of nitrogens with two attached hydrogens (primary N) is 1. The highest BCUT2D eigenvalue weighted by Gasteiger charge is 2.20. The van der Waals surface area contributed by atoms with Crippen molar-refractivity contribution < 1.29 is 4.74 Å². The van der Waals surface area contributed by atoms with Gasteiger partial charge in [-0.15, -0.1) is 0 Å². The van der Waals surface area contributed by atoms with Gasteiger partial charge in [0.1, 0.15) is 0 Å². The van der Waals surface area contributed by atoms with Crippen LogP contribution in [0.4, 0.5) is 0 Å². The summed E-state index contributed by atoms with van der Waals surface area (Å²) in [6.45, 7) is 5.44. The summed E-state index contributed by atoms with van der Waals surface area (Å²) in [7, 11) is 0. The molecule has 2 nitrogen and oxygen atoms in total. The van der Waals surface area contributed by atoms with E-state index in [1.807, 2.05) is 13.8 Å². The molecule has 1 atom stereocenters. The number of hydrogen-bond donors (Lipinski definition) is 1. The van der Waals surface area contributed by atoms with Gasteiger partial charge >= 0.3 is 0 Å². The van der Waals surface area contributed by atoms with E-state index in [4.69, 9.17) is 10.5 Å². The van der Waals surface area contributed by atoms with Crippen molar-refractivity contribution in [1.29, 1.82) is 0 Å². The lowest BCUT2D eigenvalue weighted by Gasteiger charge is -2.27. The molecule has 0 spiro atoms. The van der Waals surface area contributed by atoms with Gasteiger partial charge in [0.25, 0.3) is 0 Å². The Morgan fingerprint density at radius 2 is 2.12 bits per heavy atom. The molecule has 0 fully saturated rings. The molecule has 2 N–H and O–H groups in total. The number of hydrogen-bond acceptors (Lipinski definition) is 2. The maximum Gasteiger partial charge on any atom is 0.0641 e. The van der Waals surface area contributed by atoms with Gasteiger partial charge in [-0.05, 0) is 44.2 Å². The summed E-state index contributed by atoms with van der Waals surface area (Å²) < 4.78 is 5.77. The number of benzene rings is 1. The molecule has 94 valence electrons. The highest BCUT2D eigenvalue weighted by molar-refractivity contribution is 5.32. The molecule has 1 aliphatic rings. The largest absolute Gasteiger partial charge is 0.379 e. The van der Waals surface area contributed by atoms with Crippen LogP contribution in [0, 0.1) is 0 Å². The Morgan fingerprint density at radius 3 is 2.88 bits per heavy atom. The van der Waals surface area contributed by atoms with E-state index in [1.54, 1.807) is 0 Å². The maximum absolute atomic E-state index is 5.92. The van der Waals surface area contributed by atoms with Gasteiger partial charge in [0, 0.05) is 11.5 Å². The molecule has 0 aliphatic heterocycles. The molecule has 1 aliphatic carbocycles. The Morgan fingerprint density at radius 1 is 1.35 bits per heavy atom. The average molecular weight is 233 g/mol. The van der Waals surface area contributed by atoms with Gasteiger partial charge < -0.3 is 10.5 Å². The molecule has 0 aromatic heterocycles. The number of aryl methyl sites for hydroxylation is 1. The third-order valence-electron chi connectivity index (χ3n) is 3.29. The topological polar surface area (TPSA) is 35.2 Å². The Hall–Kier alpha value is -0.860. The molecule has 0 amide bonds. The van der Waals surface area contributed by atoms with Crippen LogP contribution in [0.2, 0.25) is 0 Å². The van der Waals surface area contributed by atoms with Crippen LogP contribution < -0.4 is 5.73 Å². The molecule has 1 unspecified atom stereocenters. The van der Waals surface area contributed by atoms with Crippen LogP contribution in [0.15, 0.2) is 24.3 Å². The zero-order valence-electron chi connectivity index (χ0n) is 10.9. The van der Waals surface area contributed by atoms with Gasteiger partial charge in [0.2, 0.25) is 0 Å². The summed E-state index contributed by atoms with van der Waals surface area (Å²) >= 11 is 0. The smallest absolute Gasteiger partial charge is 0.0641 e. The summed E-state index contributed by atoms with van der Waals surface area (Å²) in [6.07, 6.45) is 3.73. The van der Waals surface area contributed by atoms with E-state index >= 15 is 0 Å². The average Bonchev–Trinajstić information content (AvgIpc) is 2.28. The van der Waals surface area contributed by atoms with Crippen LogP contribution in [0.1, 0.15) is 43.7 Å². The highest BCUT2D eigenvalue weighted by Crippen LogP contribution is 2.31. The van der Waals surface area contributed by atoms with Crippen LogP contribution >= 0.6 is 0 Å². The molecular formula is C15H23NO. The minimum Gasteiger partial charge on any atom is -0.379 e. The van der Waals surface area contributed by atoms with Gasteiger partial charge in [-0.3, -0.25) is 0 Å². The Balaban J connectivity index is 1.95. The third kappa shape index (κ3) is 3.55. The van der Waals surface area contributed by atoms with Crippen molar-refractivity contribution in [2.45, 2.75) is 44.6 Å². The fraction of sp³-hybridized carbons (Fsp3) is 0.600.